The number of esters is 1. The van der Waals surface area contributed by atoms with E-state index in [0.717, 1.165) is 17.7 Å². The highest BCUT2D eigenvalue weighted by Crippen LogP contribution is 2.31. The van der Waals surface area contributed by atoms with Crippen molar-refractivity contribution in [2.45, 2.75) is 38.9 Å². The van der Waals surface area contributed by atoms with Gasteiger partial charge < -0.3 is 9.47 Å². The first-order chi connectivity index (χ1) is 7.65. The van der Waals surface area contributed by atoms with E-state index >= 15 is 0 Å². The third kappa shape index (κ3) is 2.54. The summed E-state index contributed by atoms with van der Waals surface area (Å²) in [5.74, 6) is 0.718. The largest absolute Gasteiger partial charge is 0.491 e. The van der Waals surface area contributed by atoms with Crippen molar-refractivity contribution in [3.63, 3.8) is 0 Å². The van der Waals surface area contributed by atoms with Gasteiger partial charge in [-0.3, -0.25) is 4.79 Å². The number of cyclic esters (lactones) is 1. The highest BCUT2D eigenvalue weighted by molar-refractivity contribution is 5.71. The lowest BCUT2D eigenvalue weighted by molar-refractivity contribution is -0.141. The van der Waals surface area contributed by atoms with Crippen LogP contribution in [-0.4, -0.2) is 12.1 Å². The molecule has 3 nitrogen and oxygen atoms in total. The quantitative estimate of drug-likeness (QED) is 0.735. The minimum atomic E-state index is -0.111. The third-order valence-electron chi connectivity index (χ3n) is 2.49. The van der Waals surface area contributed by atoms with Gasteiger partial charge in [0.05, 0.1) is 6.10 Å². The van der Waals surface area contributed by atoms with E-state index in [1.54, 1.807) is 0 Å². The summed E-state index contributed by atoms with van der Waals surface area (Å²) in [6.45, 7) is 3.98. The Morgan fingerprint density at radius 2 is 2.25 bits per heavy atom. The van der Waals surface area contributed by atoms with Crippen LogP contribution in [0.5, 0.6) is 5.75 Å². The second kappa shape index (κ2) is 4.56. The van der Waals surface area contributed by atoms with Gasteiger partial charge in [-0.05, 0) is 38.0 Å². The van der Waals surface area contributed by atoms with E-state index in [4.69, 9.17) is 9.47 Å². The Bertz CT molecular complexity index is 385. The average Bonchev–Trinajstić information content (AvgIpc) is 2.64. The smallest absolute Gasteiger partial charge is 0.306 e. The summed E-state index contributed by atoms with van der Waals surface area (Å²) in [4.78, 5) is 11.0. The average molecular weight is 220 g/mol. The van der Waals surface area contributed by atoms with E-state index in [1.165, 1.54) is 0 Å². The van der Waals surface area contributed by atoms with Gasteiger partial charge >= 0.3 is 5.97 Å². The van der Waals surface area contributed by atoms with Crippen molar-refractivity contribution in [1.29, 1.82) is 0 Å². The van der Waals surface area contributed by atoms with Crippen LogP contribution < -0.4 is 4.74 Å². The predicted octanol–water partition coefficient (Wildman–Crippen LogP) is 2.85. The number of rotatable bonds is 3. The molecule has 1 fully saturated rings. The molecule has 0 radical (unpaired) electrons. The molecule has 16 heavy (non-hydrogen) atoms. The Labute approximate surface area is 95.4 Å². The normalized spacial score (nSPS) is 19.9. The van der Waals surface area contributed by atoms with Crippen molar-refractivity contribution in [3.05, 3.63) is 29.8 Å². The summed E-state index contributed by atoms with van der Waals surface area (Å²) in [7, 11) is 0. The van der Waals surface area contributed by atoms with Crippen molar-refractivity contribution in [3.8, 4) is 5.75 Å². The summed E-state index contributed by atoms with van der Waals surface area (Å²) >= 11 is 0. The minimum Gasteiger partial charge on any atom is -0.491 e. The predicted molar refractivity (Wildman–Crippen MR) is 60.3 cm³/mol. The Kier molecular flexibility index (Phi) is 3.13. The molecule has 0 N–H and O–H groups in total. The van der Waals surface area contributed by atoms with Crippen LogP contribution in [0.15, 0.2) is 24.3 Å². The molecule has 1 atom stereocenters. The van der Waals surface area contributed by atoms with Gasteiger partial charge in [-0.25, -0.2) is 0 Å². The Morgan fingerprint density at radius 1 is 1.44 bits per heavy atom. The molecule has 2 rings (SSSR count). The monoisotopic (exact) mass is 220 g/mol. The molecule has 1 aliphatic heterocycles. The van der Waals surface area contributed by atoms with Gasteiger partial charge in [-0.15, -0.1) is 0 Å². The maximum atomic E-state index is 11.0. The summed E-state index contributed by atoms with van der Waals surface area (Å²) in [5, 5.41) is 0. The molecule has 0 saturated carbocycles. The molecule has 0 bridgehead atoms. The van der Waals surface area contributed by atoms with Crippen molar-refractivity contribution in [2.24, 2.45) is 0 Å². The van der Waals surface area contributed by atoms with Crippen LogP contribution in [0, 0.1) is 0 Å². The van der Waals surface area contributed by atoms with E-state index in [1.807, 2.05) is 38.1 Å². The lowest BCUT2D eigenvalue weighted by Crippen LogP contribution is -2.06. The molecule has 0 aliphatic carbocycles. The molecule has 1 saturated heterocycles. The molecule has 3 heteroatoms. The van der Waals surface area contributed by atoms with Gasteiger partial charge in [0.15, 0.2) is 0 Å². The van der Waals surface area contributed by atoms with Crippen molar-refractivity contribution >= 4 is 5.97 Å². The van der Waals surface area contributed by atoms with Gasteiger partial charge in [-0.1, -0.05) is 12.1 Å². The van der Waals surface area contributed by atoms with Crippen LogP contribution in [0.3, 0.4) is 0 Å². The first-order valence-electron chi connectivity index (χ1n) is 5.61. The fourth-order valence-corrected chi connectivity index (χ4v) is 1.82. The Balaban J connectivity index is 2.12. The minimum absolute atomic E-state index is 0.0942. The molecular weight excluding hydrogens is 204 g/mol. The second-order valence-electron chi connectivity index (χ2n) is 4.26. The number of carbonyl (C=O) groups is 1. The fraction of sp³-hybridized carbons (Fsp3) is 0.462. The summed E-state index contributed by atoms with van der Waals surface area (Å²) < 4.78 is 10.8. The lowest BCUT2D eigenvalue weighted by atomic mass is 10.1. The summed E-state index contributed by atoms with van der Waals surface area (Å²) in [6.07, 6.45) is 1.34. The number of carbonyl (C=O) groups excluding carboxylic acids is 1. The zero-order valence-corrected chi connectivity index (χ0v) is 9.60. The Morgan fingerprint density at radius 3 is 2.88 bits per heavy atom. The maximum Gasteiger partial charge on any atom is 0.306 e. The third-order valence-corrected chi connectivity index (χ3v) is 2.49. The van der Waals surface area contributed by atoms with Gasteiger partial charge in [0, 0.05) is 6.42 Å². The first-order valence-corrected chi connectivity index (χ1v) is 5.61. The number of hydrogen-bond acceptors (Lipinski definition) is 3. The van der Waals surface area contributed by atoms with Crippen molar-refractivity contribution < 1.29 is 14.3 Å². The number of benzene rings is 1. The highest BCUT2D eigenvalue weighted by Gasteiger charge is 2.24. The topological polar surface area (TPSA) is 35.5 Å². The highest BCUT2D eigenvalue weighted by atomic mass is 16.5. The van der Waals surface area contributed by atoms with Crippen LogP contribution in [-0.2, 0) is 9.53 Å². The van der Waals surface area contributed by atoms with Crippen LogP contribution in [0.4, 0.5) is 0 Å². The maximum absolute atomic E-state index is 11.0. The van der Waals surface area contributed by atoms with E-state index in [-0.39, 0.29) is 18.2 Å². The summed E-state index contributed by atoms with van der Waals surface area (Å²) in [6, 6.07) is 7.76. The van der Waals surface area contributed by atoms with E-state index in [2.05, 4.69) is 0 Å². The van der Waals surface area contributed by atoms with E-state index in [0.29, 0.717) is 6.42 Å². The zero-order valence-electron chi connectivity index (χ0n) is 9.60. The first kappa shape index (κ1) is 11.0. The van der Waals surface area contributed by atoms with Gasteiger partial charge in [0.2, 0.25) is 0 Å². The van der Waals surface area contributed by atoms with Gasteiger partial charge in [0.1, 0.15) is 11.9 Å². The van der Waals surface area contributed by atoms with Crippen LogP contribution in [0.1, 0.15) is 38.4 Å². The number of ether oxygens (including phenoxy) is 2. The summed E-state index contributed by atoms with van der Waals surface area (Å²) in [5.41, 5.74) is 1.02. The second-order valence-corrected chi connectivity index (χ2v) is 4.26. The van der Waals surface area contributed by atoms with E-state index in [9.17, 15) is 4.79 Å². The van der Waals surface area contributed by atoms with Gasteiger partial charge in [0.25, 0.3) is 0 Å². The Hall–Kier alpha value is -1.51. The van der Waals surface area contributed by atoms with Crippen LogP contribution in [0.25, 0.3) is 0 Å². The molecule has 1 aliphatic rings. The van der Waals surface area contributed by atoms with E-state index < -0.39 is 0 Å². The van der Waals surface area contributed by atoms with Crippen molar-refractivity contribution in [1.82, 2.24) is 0 Å². The molecule has 0 amide bonds. The number of hydrogen-bond donors (Lipinski definition) is 0. The zero-order chi connectivity index (χ0) is 11.5. The lowest BCUT2D eigenvalue weighted by Gasteiger charge is -2.13. The molecular formula is C13H16O3. The molecule has 86 valence electrons. The molecule has 0 aromatic heterocycles. The van der Waals surface area contributed by atoms with Gasteiger partial charge in [-0.2, -0.15) is 0 Å². The van der Waals surface area contributed by atoms with Crippen LogP contribution in [0.2, 0.25) is 0 Å². The van der Waals surface area contributed by atoms with Crippen molar-refractivity contribution in [2.75, 3.05) is 0 Å². The fourth-order valence-electron chi connectivity index (χ4n) is 1.82. The molecule has 1 aromatic carbocycles. The standard InChI is InChI=1S/C13H16O3/c1-9(2)15-11-5-3-4-10(8-11)12-6-7-13(14)16-12/h3-5,8-9,12H,6-7H2,1-2H3. The molecule has 1 aromatic rings. The SMILES string of the molecule is CC(C)Oc1cccc(C2CCC(=O)O2)c1. The molecule has 1 unspecified atom stereocenters. The molecule has 1 heterocycles. The van der Waals surface area contributed by atoms with Crippen LogP contribution >= 0.6 is 0 Å². The molecule has 0 spiro atoms.